The highest BCUT2D eigenvalue weighted by Crippen LogP contribution is 2.70. The van der Waals surface area contributed by atoms with E-state index in [0.29, 0.717) is 18.4 Å². The van der Waals surface area contributed by atoms with Gasteiger partial charge in [0.05, 0.1) is 19.3 Å². The highest BCUT2D eigenvalue weighted by Gasteiger charge is 2.68. The summed E-state index contributed by atoms with van der Waals surface area (Å²) in [6, 6.07) is -0.0549. The Morgan fingerprint density at radius 3 is 2.45 bits per heavy atom. The number of fused-ring (bicyclic) bond motifs is 5. The highest BCUT2D eigenvalue weighted by molar-refractivity contribution is 5.85. The average Bonchev–Trinajstić information content (AvgIpc) is 3.48. The summed E-state index contributed by atoms with van der Waals surface area (Å²) < 4.78 is 11.1. The lowest BCUT2D eigenvalue weighted by Crippen LogP contribution is -2.66. The third kappa shape index (κ3) is 4.08. The zero-order valence-electron chi connectivity index (χ0n) is 23.9. The molecule has 0 aromatic heterocycles. The van der Waals surface area contributed by atoms with Crippen LogP contribution in [0.4, 0.5) is 0 Å². The molecule has 13 atom stereocenters. The number of esters is 1. The average molecular weight is 566 g/mol. The number of hydrogen-bond acceptors (Lipinski definition) is 10. The van der Waals surface area contributed by atoms with Crippen LogP contribution >= 0.6 is 0 Å². The second kappa shape index (κ2) is 10.3. The fourth-order valence-electron chi connectivity index (χ4n) is 10.4. The first kappa shape index (κ1) is 29.0. The van der Waals surface area contributed by atoms with E-state index in [4.69, 9.17) is 14.3 Å². The Morgan fingerprint density at radius 2 is 1.77 bits per heavy atom. The molecule has 0 radical (unpaired) electrons. The van der Waals surface area contributed by atoms with Crippen LogP contribution in [0.1, 0.15) is 71.6 Å². The zero-order valence-corrected chi connectivity index (χ0v) is 23.9. The van der Waals surface area contributed by atoms with Gasteiger partial charge in [0.1, 0.15) is 31.0 Å². The maximum Gasteiger partial charge on any atom is 0.331 e. The van der Waals surface area contributed by atoms with Gasteiger partial charge in [-0.05, 0) is 92.4 Å². The van der Waals surface area contributed by atoms with E-state index in [-0.39, 0.29) is 34.7 Å². The number of carbonyl (C=O) groups excluding carboxylic acids is 1. The molecule has 10 nitrogen and oxygen atoms in total. The van der Waals surface area contributed by atoms with Crippen molar-refractivity contribution >= 4 is 5.97 Å². The predicted octanol–water partition coefficient (Wildman–Crippen LogP) is 1.28. The molecular weight excluding hydrogens is 518 g/mol. The monoisotopic (exact) mass is 565 g/mol. The van der Waals surface area contributed by atoms with Crippen LogP contribution in [-0.2, 0) is 19.1 Å². The Kier molecular flexibility index (Phi) is 7.43. The molecule has 40 heavy (non-hydrogen) atoms. The van der Waals surface area contributed by atoms with Gasteiger partial charge in [0.2, 0.25) is 0 Å². The SMILES string of the molecule is CON(C1O[C@H](CO)[C@@H](O)[C@H](O)[C@H]1O)[C@@H]1CC[C@@]2(C)C(CCC3C2CC[C@]2(C)[C@@H](C4=CC(=O)OC4)CC[C@]32O)C1. The van der Waals surface area contributed by atoms with Gasteiger partial charge in [-0.15, -0.1) is 0 Å². The number of carbonyl (C=O) groups is 1. The van der Waals surface area contributed by atoms with E-state index in [0.717, 1.165) is 63.4 Å². The van der Waals surface area contributed by atoms with Crippen molar-refractivity contribution < 1.29 is 44.6 Å². The Labute approximate surface area is 236 Å². The minimum Gasteiger partial charge on any atom is -0.458 e. The Hall–Kier alpha value is -1.11. The van der Waals surface area contributed by atoms with Crippen LogP contribution in [0.25, 0.3) is 0 Å². The lowest BCUT2D eigenvalue weighted by atomic mass is 9.43. The predicted molar refractivity (Wildman–Crippen MR) is 142 cm³/mol. The van der Waals surface area contributed by atoms with Crippen molar-refractivity contribution in [3.63, 3.8) is 0 Å². The molecule has 0 amide bonds. The molecule has 0 aromatic rings. The second-order valence-electron chi connectivity index (χ2n) is 14.0. The first-order valence-corrected chi connectivity index (χ1v) is 15.2. The molecule has 226 valence electrons. The summed E-state index contributed by atoms with van der Waals surface area (Å²) in [4.78, 5) is 17.6. The molecule has 4 aliphatic carbocycles. The van der Waals surface area contributed by atoms with Crippen molar-refractivity contribution in [3.05, 3.63) is 11.6 Å². The van der Waals surface area contributed by atoms with E-state index in [1.165, 1.54) is 7.11 Å². The van der Waals surface area contributed by atoms with Crippen molar-refractivity contribution in [1.29, 1.82) is 0 Å². The molecule has 4 saturated carbocycles. The van der Waals surface area contributed by atoms with Gasteiger partial charge in [-0.2, -0.15) is 5.06 Å². The molecule has 10 heteroatoms. The zero-order chi connectivity index (χ0) is 28.6. The number of ether oxygens (including phenoxy) is 2. The third-order valence-electron chi connectivity index (χ3n) is 12.6. The fraction of sp³-hybridized carbons (Fsp3) is 0.900. The smallest absolute Gasteiger partial charge is 0.331 e. The molecule has 5 fully saturated rings. The molecule has 2 aliphatic heterocycles. The molecule has 0 aromatic carbocycles. The Balaban J connectivity index is 1.19. The van der Waals surface area contributed by atoms with Gasteiger partial charge < -0.3 is 35.0 Å². The number of hydrogen-bond donors (Lipinski definition) is 5. The standard InChI is InChI=1S/C30H47NO9/c1-28-9-6-18(31(38-3)27-26(36)25(35)24(34)22(14-32)40-27)13-17(28)4-5-21-20(28)7-10-29(2)19(8-11-30(21,29)37)16-12-23(33)39-15-16/h12,17-22,24-27,32,34-37H,4-11,13-15H2,1-3H3/t17?,18-,19-,20?,21?,22-,24-,25+,26-,27?,28+,29-,30+/m1/s1. The molecular formula is C30H47NO9. The molecule has 1 saturated heterocycles. The van der Waals surface area contributed by atoms with Crippen molar-refractivity contribution in [2.24, 2.45) is 34.5 Å². The van der Waals surface area contributed by atoms with E-state index < -0.39 is 42.9 Å². The summed E-state index contributed by atoms with van der Waals surface area (Å²) in [5.74, 6) is 0.949. The minimum atomic E-state index is -1.45. The van der Waals surface area contributed by atoms with Crippen molar-refractivity contribution in [1.82, 2.24) is 5.06 Å². The van der Waals surface area contributed by atoms with Crippen molar-refractivity contribution in [2.75, 3.05) is 20.3 Å². The van der Waals surface area contributed by atoms with E-state index >= 15 is 0 Å². The van der Waals surface area contributed by atoms with E-state index in [1.807, 2.05) is 0 Å². The molecule has 6 aliphatic rings. The summed E-state index contributed by atoms with van der Waals surface area (Å²) >= 11 is 0. The largest absolute Gasteiger partial charge is 0.458 e. The van der Waals surface area contributed by atoms with Gasteiger partial charge in [-0.25, -0.2) is 4.79 Å². The highest BCUT2D eigenvalue weighted by atomic mass is 16.7. The molecule has 6 rings (SSSR count). The summed E-state index contributed by atoms with van der Waals surface area (Å²) in [6.45, 7) is 4.53. The first-order valence-electron chi connectivity index (χ1n) is 15.2. The number of hydroxylamine groups is 2. The van der Waals surface area contributed by atoms with Gasteiger partial charge in [-0.1, -0.05) is 13.8 Å². The van der Waals surface area contributed by atoms with Gasteiger partial charge in [0, 0.05) is 17.5 Å². The lowest BCUT2D eigenvalue weighted by molar-refractivity contribution is -0.344. The van der Waals surface area contributed by atoms with Crippen LogP contribution in [0.5, 0.6) is 0 Å². The summed E-state index contributed by atoms with van der Waals surface area (Å²) in [5, 5.41) is 55.1. The topological polar surface area (TPSA) is 149 Å². The van der Waals surface area contributed by atoms with E-state index in [2.05, 4.69) is 13.8 Å². The van der Waals surface area contributed by atoms with Gasteiger partial charge in [0.25, 0.3) is 0 Å². The summed E-state index contributed by atoms with van der Waals surface area (Å²) in [6.07, 6.45) is 3.63. The summed E-state index contributed by atoms with van der Waals surface area (Å²) in [5.41, 5.74) is 0.0988. The second-order valence-corrected chi connectivity index (χ2v) is 14.0. The van der Waals surface area contributed by atoms with Gasteiger partial charge in [0.15, 0.2) is 6.23 Å². The quantitative estimate of drug-likeness (QED) is 0.244. The van der Waals surface area contributed by atoms with E-state index in [9.17, 15) is 30.3 Å². The maximum absolute atomic E-state index is 12.4. The van der Waals surface area contributed by atoms with Crippen LogP contribution in [0.3, 0.4) is 0 Å². The minimum absolute atomic E-state index is 0.0549. The van der Waals surface area contributed by atoms with Crippen LogP contribution < -0.4 is 0 Å². The number of nitrogens with zero attached hydrogens (tertiary/aromatic N) is 1. The van der Waals surface area contributed by atoms with Crippen molar-refractivity contribution in [3.8, 4) is 0 Å². The number of rotatable bonds is 5. The van der Waals surface area contributed by atoms with Gasteiger partial charge in [-0.3, -0.25) is 4.84 Å². The Bertz CT molecular complexity index is 1020. The third-order valence-corrected chi connectivity index (χ3v) is 12.6. The normalized spacial score (nSPS) is 52.5. The van der Waals surface area contributed by atoms with Crippen LogP contribution in [0.2, 0.25) is 0 Å². The number of cyclic esters (lactones) is 1. The van der Waals surface area contributed by atoms with Crippen molar-refractivity contribution in [2.45, 2.75) is 114 Å². The lowest BCUT2D eigenvalue weighted by Gasteiger charge is -2.64. The number of aliphatic hydroxyl groups is 5. The van der Waals surface area contributed by atoms with Crippen LogP contribution in [0, 0.1) is 34.5 Å². The fourth-order valence-corrected chi connectivity index (χ4v) is 10.4. The Morgan fingerprint density at radius 1 is 1.00 bits per heavy atom. The first-order chi connectivity index (χ1) is 19.0. The van der Waals surface area contributed by atoms with E-state index in [1.54, 1.807) is 11.1 Å². The van der Waals surface area contributed by atoms with Crippen LogP contribution in [-0.4, -0.2) is 99.2 Å². The summed E-state index contributed by atoms with van der Waals surface area (Å²) in [7, 11) is 1.53. The molecule has 5 N–H and O–H groups in total. The molecule has 0 spiro atoms. The van der Waals surface area contributed by atoms with Gasteiger partial charge >= 0.3 is 5.97 Å². The number of aliphatic hydroxyl groups excluding tert-OH is 4. The van der Waals surface area contributed by atoms with Crippen LogP contribution in [0.15, 0.2) is 11.6 Å². The molecule has 2 heterocycles. The molecule has 4 unspecified atom stereocenters. The maximum atomic E-state index is 12.4. The molecule has 0 bridgehead atoms.